The van der Waals surface area contributed by atoms with Crippen LogP contribution in [0.5, 0.6) is 0 Å². The molecule has 1 unspecified atom stereocenters. The zero-order valence-electron chi connectivity index (χ0n) is 20.2. The van der Waals surface area contributed by atoms with Gasteiger partial charge >= 0.3 is 23.9 Å². The molecular weight excluding hydrogens is 474 g/mol. The summed E-state index contributed by atoms with van der Waals surface area (Å²) in [5.41, 5.74) is 7.45. The Kier molecular flexibility index (Phi) is 11.5. The Labute approximate surface area is 209 Å². The van der Waals surface area contributed by atoms with Crippen molar-refractivity contribution in [3.05, 3.63) is 29.8 Å². The van der Waals surface area contributed by atoms with Gasteiger partial charge in [0.05, 0.1) is 26.2 Å². The van der Waals surface area contributed by atoms with Crippen molar-refractivity contribution in [1.82, 2.24) is 19.6 Å². The van der Waals surface area contributed by atoms with Gasteiger partial charge in [-0.2, -0.15) is 0 Å². The van der Waals surface area contributed by atoms with Crippen molar-refractivity contribution < 1.29 is 39.6 Å². The number of carboxylic acids is 4. The summed E-state index contributed by atoms with van der Waals surface area (Å²) >= 11 is 0. The Bertz CT molecular complexity index is 914. The number of hydrogen-bond donors (Lipinski definition) is 5. The molecule has 1 aliphatic heterocycles. The highest BCUT2D eigenvalue weighted by Gasteiger charge is 2.27. The summed E-state index contributed by atoms with van der Waals surface area (Å²) in [4.78, 5) is 52.8. The normalized spacial score (nSPS) is 19.7. The Morgan fingerprint density at radius 1 is 0.694 bits per heavy atom. The topological polar surface area (TPSA) is 188 Å². The third-order valence-electron chi connectivity index (χ3n) is 6.08. The van der Waals surface area contributed by atoms with Gasteiger partial charge in [0.2, 0.25) is 0 Å². The minimum Gasteiger partial charge on any atom is -0.480 e. The number of anilines is 1. The van der Waals surface area contributed by atoms with Crippen LogP contribution in [0, 0.1) is 0 Å². The third kappa shape index (κ3) is 10.6. The van der Waals surface area contributed by atoms with Crippen molar-refractivity contribution in [1.29, 1.82) is 0 Å². The molecule has 1 aromatic rings. The highest BCUT2D eigenvalue weighted by molar-refractivity contribution is 5.70. The molecule has 0 radical (unpaired) electrons. The lowest BCUT2D eigenvalue weighted by atomic mass is 10.0. The maximum atomic E-state index is 11.7. The van der Waals surface area contributed by atoms with Gasteiger partial charge in [-0.3, -0.25) is 38.8 Å². The molecule has 1 fully saturated rings. The number of nitrogen functional groups attached to an aromatic ring is 1. The Balaban J connectivity index is 2.41. The molecule has 0 saturated carbocycles. The van der Waals surface area contributed by atoms with Crippen molar-refractivity contribution >= 4 is 29.6 Å². The summed E-state index contributed by atoms with van der Waals surface area (Å²) in [5.74, 6) is -4.20. The van der Waals surface area contributed by atoms with E-state index in [0.29, 0.717) is 12.1 Å². The van der Waals surface area contributed by atoms with E-state index in [1.54, 1.807) is 31.7 Å². The SMILES string of the molecule is Nc1ccccc1CC1CN(CC(=O)O)CCN(CC(=O)O)CCN(CC(=O)O)CCN1CC(=O)O. The number of carboxylic acid groups (broad SMARTS) is 4. The molecule has 200 valence electrons. The van der Waals surface area contributed by atoms with Crippen LogP contribution in [0.25, 0.3) is 0 Å². The van der Waals surface area contributed by atoms with Crippen molar-refractivity contribution in [2.24, 2.45) is 0 Å². The van der Waals surface area contributed by atoms with Crippen LogP contribution in [-0.2, 0) is 25.6 Å². The standard InChI is InChI=1S/C23H35N5O8/c24-19-4-2-1-3-17(19)11-18-12-27(15-22(33)34)8-7-25(13-20(29)30)5-6-26(14-21(31)32)9-10-28(18)16-23(35)36/h1-4,18H,5-16,24H2,(H,29,30)(H,31,32)(H,33,34)(H,35,36). The molecule has 13 nitrogen and oxygen atoms in total. The number of para-hydroxylation sites is 1. The molecule has 2 rings (SSSR count). The van der Waals surface area contributed by atoms with Gasteiger partial charge in [0, 0.05) is 57.5 Å². The lowest BCUT2D eigenvalue weighted by Crippen LogP contribution is -2.53. The lowest BCUT2D eigenvalue weighted by Gasteiger charge is -2.37. The minimum atomic E-state index is -1.06. The van der Waals surface area contributed by atoms with Crippen LogP contribution < -0.4 is 5.73 Å². The van der Waals surface area contributed by atoms with E-state index < -0.39 is 29.9 Å². The lowest BCUT2D eigenvalue weighted by molar-refractivity contribution is -0.142. The Morgan fingerprint density at radius 3 is 1.64 bits per heavy atom. The number of rotatable bonds is 10. The van der Waals surface area contributed by atoms with E-state index in [2.05, 4.69) is 0 Å². The molecule has 0 amide bonds. The van der Waals surface area contributed by atoms with Crippen LogP contribution >= 0.6 is 0 Å². The number of nitrogens with two attached hydrogens (primary N) is 1. The van der Waals surface area contributed by atoms with Crippen molar-refractivity contribution in [3.8, 4) is 0 Å². The number of hydrogen-bond acceptors (Lipinski definition) is 9. The molecule has 1 saturated heterocycles. The van der Waals surface area contributed by atoms with E-state index in [4.69, 9.17) is 5.73 Å². The Morgan fingerprint density at radius 2 is 1.14 bits per heavy atom. The van der Waals surface area contributed by atoms with Crippen molar-refractivity contribution in [2.75, 3.05) is 77.7 Å². The second-order valence-corrected chi connectivity index (χ2v) is 8.89. The first-order chi connectivity index (χ1) is 17.0. The van der Waals surface area contributed by atoms with Gasteiger partial charge in [-0.25, -0.2) is 0 Å². The first-order valence-corrected chi connectivity index (χ1v) is 11.6. The molecular formula is C23H35N5O8. The average molecular weight is 510 g/mol. The fourth-order valence-corrected chi connectivity index (χ4v) is 4.33. The monoisotopic (exact) mass is 509 g/mol. The maximum absolute atomic E-state index is 11.7. The van der Waals surface area contributed by atoms with Crippen LogP contribution in [0.15, 0.2) is 24.3 Å². The van der Waals surface area contributed by atoms with E-state index in [0.717, 1.165) is 5.56 Å². The molecule has 0 bridgehead atoms. The summed E-state index contributed by atoms with van der Waals surface area (Å²) < 4.78 is 0. The highest BCUT2D eigenvalue weighted by Crippen LogP contribution is 2.17. The van der Waals surface area contributed by atoms with Gasteiger partial charge in [0.1, 0.15) is 0 Å². The second kappa shape index (κ2) is 14.3. The van der Waals surface area contributed by atoms with Gasteiger partial charge in [-0.1, -0.05) is 18.2 Å². The zero-order valence-corrected chi connectivity index (χ0v) is 20.2. The van der Waals surface area contributed by atoms with E-state index >= 15 is 0 Å². The summed E-state index contributed by atoms with van der Waals surface area (Å²) in [7, 11) is 0. The van der Waals surface area contributed by atoms with E-state index in [9.17, 15) is 39.6 Å². The summed E-state index contributed by atoms with van der Waals surface area (Å²) in [6, 6.07) is 6.73. The third-order valence-corrected chi connectivity index (χ3v) is 6.08. The summed E-state index contributed by atoms with van der Waals surface area (Å²) in [5, 5.41) is 37.7. The van der Waals surface area contributed by atoms with Crippen LogP contribution in [0.2, 0.25) is 0 Å². The number of aliphatic carboxylic acids is 4. The predicted molar refractivity (Wildman–Crippen MR) is 130 cm³/mol. The molecule has 13 heteroatoms. The van der Waals surface area contributed by atoms with E-state index in [1.807, 2.05) is 12.1 Å². The molecule has 6 N–H and O–H groups in total. The molecule has 0 aliphatic carbocycles. The minimum absolute atomic E-state index is 0.202. The highest BCUT2D eigenvalue weighted by atomic mass is 16.4. The van der Waals surface area contributed by atoms with Gasteiger partial charge in [-0.05, 0) is 18.1 Å². The quantitative estimate of drug-likeness (QED) is 0.235. The maximum Gasteiger partial charge on any atom is 0.317 e. The molecule has 1 heterocycles. The summed E-state index contributed by atoms with van der Waals surface area (Å²) in [6.07, 6.45) is 0.355. The first-order valence-electron chi connectivity index (χ1n) is 11.6. The van der Waals surface area contributed by atoms with Gasteiger partial charge in [0.25, 0.3) is 0 Å². The molecule has 1 aliphatic rings. The average Bonchev–Trinajstić information content (AvgIpc) is 2.76. The number of carbonyl (C=O) groups is 4. The van der Waals surface area contributed by atoms with Gasteiger partial charge < -0.3 is 26.2 Å². The first kappa shape index (κ1) is 29.0. The van der Waals surface area contributed by atoms with Gasteiger partial charge in [0.15, 0.2) is 0 Å². The van der Waals surface area contributed by atoms with Crippen molar-refractivity contribution in [2.45, 2.75) is 12.5 Å². The van der Waals surface area contributed by atoms with Crippen LogP contribution in [0.4, 0.5) is 5.69 Å². The van der Waals surface area contributed by atoms with Crippen molar-refractivity contribution in [3.63, 3.8) is 0 Å². The smallest absolute Gasteiger partial charge is 0.317 e. The zero-order chi connectivity index (χ0) is 26.7. The predicted octanol–water partition coefficient (Wildman–Crippen LogP) is -1.26. The van der Waals surface area contributed by atoms with Crippen LogP contribution in [-0.4, -0.2) is 142 Å². The molecule has 1 atom stereocenters. The summed E-state index contributed by atoms with van der Waals surface area (Å²) in [6.45, 7) is 0.516. The number of nitrogens with zero attached hydrogens (tertiary/aromatic N) is 4. The van der Waals surface area contributed by atoms with E-state index in [-0.39, 0.29) is 72.0 Å². The number of benzene rings is 1. The van der Waals surface area contributed by atoms with E-state index in [1.165, 1.54) is 0 Å². The fraction of sp³-hybridized carbons (Fsp3) is 0.565. The Hall–Kier alpha value is -3.26. The van der Waals surface area contributed by atoms with Crippen LogP contribution in [0.3, 0.4) is 0 Å². The molecule has 1 aromatic carbocycles. The second-order valence-electron chi connectivity index (χ2n) is 8.89. The molecule has 0 aromatic heterocycles. The largest absolute Gasteiger partial charge is 0.480 e. The van der Waals surface area contributed by atoms with Gasteiger partial charge in [-0.15, -0.1) is 0 Å². The molecule has 0 spiro atoms. The fourth-order valence-electron chi connectivity index (χ4n) is 4.33. The molecule has 36 heavy (non-hydrogen) atoms. The van der Waals surface area contributed by atoms with Crippen LogP contribution in [0.1, 0.15) is 5.56 Å².